The molecule has 2 aliphatic carbocycles. The number of rotatable bonds is 11. The summed E-state index contributed by atoms with van der Waals surface area (Å²) in [6.07, 6.45) is 31.9. The van der Waals surface area contributed by atoms with Crippen molar-refractivity contribution in [1.82, 2.24) is 9.13 Å². The molecule has 64 heavy (non-hydrogen) atoms. The SMILES string of the molecule is C=C/C(=C\C/C=C\C)c1c(C2=CCC=CC=C2)c(-c2ccccc2)c(-c2ccccc2)c2c(-c3ccccc3)n(-c3ccc4c(c3)c3c(n4CC)C=CCC=C3)c(-c3ccccc3)c12. The Morgan fingerprint density at radius 2 is 1.25 bits per heavy atom. The van der Waals surface area contributed by atoms with Crippen LogP contribution in [-0.2, 0) is 6.54 Å². The van der Waals surface area contributed by atoms with Gasteiger partial charge in [0.25, 0.3) is 0 Å². The molecule has 0 amide bonds. The highest BCUT2D eigenvalue weighted by Gasteiger charge is 2.33. The van der Waals surface area contributed by atoms with Gasteiger partial charge in [-0.05, 0) is 107 Å². The van der Waals surface area contributed by atoms with Gasteiger partial charge in [0.05, 0.1) is 11.4 Å². The lowest BCUT2D eigenvalue weighted by atomic mass is 9.77. The van der Waals surface area contributed by atoms with Crippen LogP contribution in [0.25, 0.3) is 95.4 Å². The number of nitrogens with zero attached hydrogens (tertiary/aromatic N) is 2. The van der Waals surface area contributed by atoms with Crippen LogP contribution in [0.15, 0.2) is 213 Å². The molecule has 2 nitrogen and oxygen atoms in total. The lowest BCUT2D eigenvalue weighted by molar-refractivity contribution is 0.789. The second-order valence-electron chi connectivity index (χ2n) is 16.4. The Kier molecular flexibility index (Phi) is 11.3. The standard InChI is InChI=1S/C62H52N2/c1-4-7-15-28-44(5-2)55-56(45-29-16-8-9-17-30-45)57(46-31-18-10-19-32-46)58(47-33-20-11-21-34-47)60-59(55)61(48-35-22-12-23-36-48)64(62(60)49-37-24-13-25-38-49)50-41-42-54-52(43-50)51-39-26-14-27-40-53(51)63(54)6-3/h4-5,7-13,16,18-43H,2,6,14-15,17H2,1,3H3/b7-4-,44-28+. The summed E-state index contributed by atoms with van der Waals surface area (Å²) < 4.78 is 5.04. The van der Waals surface area contributed by atoms with E-state index in [1.165, 1.54) is 71.9 Å². The van der Waals surface area contributed by atoms with E-state index >= 15 is 0 Å². The van der Waals surface area contributed by atoms with Crippen molar-refractivity contribution < 1.29 is 0 Å². The zero-order valence-electron chi connectivity index (χ0n) is 36.7. The molecule has 0 saturated heterocycles. The Morgan fingerprint density at radius 1 is 0.625 bits per heavy atom. The lowest BCUT2D eigenvalue weighted by Crippen LogP contribution is -2.02. The average Bonchev–Trinajstić information content (AvgIpc) is 3.53. The monoisotopic (exact) mass is 824 g/mol. The molecule has 0 aliphatic heterocycles. The minimum atomic E-state index is 0.779. The van der Waals surface area contributed by atoms with Gasteiger partial charge in [0.1, 0.15) is 0 Å². The van der Waals surface area contributed by atoms with Gasteiger partial charge in [-0.25, -0.2) is 0 Å². The molecule has 10 rings (SSSR count). The van der Waals surface area contributed by atoms with Crippen LogP contribution in [0.3, 0.4) is 0 Å². The maximum Gasteiger partial charge on any atom is 0.0620 e. The Bertz CT molecular complexity index is 3250. The zero-order chi connectivity index (χ0) is 43.4. The van der Waals surface area contributed by atoms with Crippen LogP contribution in [0, 0.1) is 0 Å². The van der Waals surface area contributed by atoms with Crippen molar-refractivity contribution in [2.75, 3.05) is 0 Å². The first-order valence-electron chi connectivity index (χ1n) is 22.7. The average molecular weight is 825 g/mol. The van der Waals surface area contributed by atoms with Gasteiger partial charge in [-0.3, -0.25) is 0 Å². The third-order valence-corrected chi connectivity index (χ3v) is 12.7. The third-order valence-electron chi connectivity index (χ3n) is 12.7. The molecule has 8 aromatic rings. The van der Waals surface area contributed by atoms with E-state index in [4.69, 9.17) is 0 Å². The molecule has 0 unspecified atom stereocenters. The molecule has 0 saturated carbocycles. The maximum atomic E-state index is 4.59. The van der Waals surface area contributed by atoms with Crippen molar-refractivity contribution in [3.05, 3.63) is 235 Å². The first-order chi connectivity index (χ1) is 31.7. The van der Waals surface area contributed by atoms with E-state index in [-0.39, 0.29) is 0 Å². The van der Waals surface area contributed by atoms with Crippen LogP contribution in [0.4, 0.5) is 0 Å². The van der Waals surface area contributed by atoms with Crippen LogP contribution in [0.5, 0.6) is 0 Å². The molecule has 0 bridgehead atoms. The van der Waals surface area contributed by atoms with Crippen LogP contribution in [0.1, 0.15) is 55.5 Å². The second-order valence-corrected chi connectivity index (χ2v) is 16.4. The number of aryl methyl sites for hydroxylation is 1. The number of fused-ring (bicyclic) bond motifs is 4. The number of hydrogen-bond donors (Lipinski definition) is 0. The first-order valence-corrected chi connectivity index (χ1v) is 22.7. The molecule has 0 atom stereocenters. The van der Waals surface area contributed by atoms with E-state index in [9.17, 15) is 0 Å². The Morgan fingerprint density at radius 3 is 1.89 bits per heavy atom. The fourth-order valence-corrected chi connectivity index (χ4v) is 9.97. The van der Waals surface area contributed by atoms with E-state index < -0.39 is 0 Å². The minimum Gasteiger partial charge on any atom is -0.341 e. The van der Waals surface area contributed by atoms with Crippen molar-refractivity contribution >= 4 is 45.0 Å². The second kappa shape index (κ2) is 18.0. The number of benzene rings is 6. The molecule has 2 aliphatic rings. The third kappa shape index (κ3) is 7.12. The summed E-state index contributed by atoms with van der Waals surface area (Å²) in [5.41, 5.74) is 18.9. The molecule has 6 aromatic carbocycles. The Labute approximate surface area is 377 Å². The fraction of sp³-hybridized carbons (Fsp3) is 0.0968. The minimum absolute atomic E-state index is 0.779. The summed E-state index contributed by atoms with van der Waals surface area (Å²) in [5, 5.41) is 3.66. The summed E-state index contributed by atoms with van der Waals surface area (Å²) in [7, 11) is 0. The van der Waals surface area contributed by atoms with Gasteiger partial charge in [-0.1, -0.05) is 201 Å². The van der Waals surface area contributed by atoms with E-state index in [0.29, 0.717) is 0 Å². The van der Waals surface area contributed by atoms with Crippen molar-refractivity contribution in [3.63, 3.8) is 0 Å². The molecule has 2 aromatic heterocycles. The molecule has 0 spiro atoms. The summed E-state index contributed by atoms with van der Waals surface area (Å²) in [6.45, 7) is 9.82. The fourth-order valence-electron chi connectivity index (χ4n) is 9.97. The van der Waals surface area contributed by atoms with Gasteiger partial charge < -0.3 is 9.13 Å². The first kappa shape index (κ1) is 40.4. The van der Waals surface area contributed by atoms with Crippen molar-refractivity contribution in [2.24, 2.45) is 0 Å². The van der Waals surface area contributed by atoms with Gasteiger partial charge in [0.15, 0.2) is 0 Å². The largest absolute Gasteiger partial charge is 0.341 e. The van der Waals surface area contributed by atoms with Crippen molar-refractivity contribution in [1.29, 1.82) is 0 Å². The van der Waals surface area contributed by atoms with Crippen LogP contribution in [-0.4, -0.2) is 9.13 Å². The van der Waals surface area contributed by atoms with E-state index in [1.807, 2.05) is 0 Å². The number of hydrogen-bond acceptors (Lipinski definition) is 0. The summed E-state index contributed by atoms with van der Waals surface area (Å²) in [4.78, 5) is 0. The number of allylic oxidation sites excluding steroid dienone is 13. The highest BCUT2D eigenvalue weighted by atomic mass is 15.0. The van der Waals surface area contributed by atoms with E-state index in [0.717, 1.165) is 59.6 Å². The summed E-state index contributed by atoms with van der Waals surface area (Å²) in [6, 6.07) is 51.4. The van der Waals surface area contributed by atoms with Gasteiger partial charge in [-0.15, -0.1) is 0 Å². The summed E-state index contributed by atoms with van der Waals surface area (Å²) in [5.74, 6) is 0. The predicted molar refractivity (Wildman–Crippen MR) is 277 cm³/mol. The molecule has 310 valence electrons. The van der Waals surface area contributed by atoms with Gasteiger partial charge in [-0.2, -0.15) is 0 Å². The molecule has 0 radical (unpaired) electrons. The van der Waals surface area contributed by atoms with Crippen LogP contribution >= 0.6 is 0 Å². The molecule has 2 heteroatoms. The summed E-state index contributed by atoms with van der Waals surface area (Å²) >= 11 is 0. The predicted octanol–water partition coefficient (Wildman–Crippen LogP) is 17.1. The Hall–Kier alpha value is -7.68. The van der Waals surface area contributed by atoms with Crippen LogP contribution < -0.4 is 0 Å². The molecular formula is C62H52N2. The van der Waals surface area contributed by atoms with Gasteiger partial charge in [0, 0.05) is 50.7 Å². The molecule has 0 fully saturated rings. The highest BCUT2D eigenvalue weighted by Crippen LogP contribution is 2.55. The highest BCUT2D eigenvalue weighted by molar-refractivity contribution is 6.23. The normalized spacial score (nSPS) is 13.7. The zero-order valence-corrected chi connectivity index (χ0v) is 36.7. The van der Waals surface area contributed by atoms with Gasteiger partial charge >= 0.3 is 0 Å². The smallest absolute Gasteiger partial charge is 0.0620 e. The number of aromatic nitrogens is 2. The molecule has 2 heterocycles. The quantitative estimate of drug-likeness (QED) is 0.0908. The molecule has 0 N–H and O–H groups in total. The topological polar surface area (TPSA) is 9.86 Å². The van der Waals surface area contributed by atoms with E-state index in [1.54, 1.807) is 0 Å². The lowest BCUT2D eigenvalue weighted by Gasteiger charge is -2.25. The Balaban J connectivity index is 1.53. The van der Waals surface area contributed by atoms with Crippen molar-refractivity contribution in [3.8, 4) is 50.5 Å². The molecular weight excluding hydrogens is 773 g/mol. The van der Waals surface area contributed by atoms with Crippen molar-refractivity contribution in [2.45, 2.75) is 39.7 Å². The van der Waals surface area contributed by atoms with Gasteiger partial charge in [0.2, 0.25) is 0 Å². The maximum absolute atomic E-state index is 4.59. The van der Waals surface area contributed by atoms with E-state index in [2.05, 4.69) is 248 Å². The van der Waals surface area contributed by atoms with Crippen LogP contribution in [0.2, 0.25) is 0 Å².